The fourth-order valence-corrected chi connectivity index (χ4v) is 3.06. The van der Waals surface area contributed by atoms with E-state index in [0.29, 0.717) is 5.56 Å². The fraction of sp³-hybridized carbons (Fsp3) is 0.316. The van der Waals surface area contributed by atoms with Gasteiger partial charge in [0.15, 0.2) is 0 Å². The lowest BCUT2D eigenvalue weighted by Crippen LogP contribution is -2.29. The van der Waals surface area contributed by atoms with E-state index in [1.165, 1.54) is 0 Å². The number of carbonyl (C=O) groups excluding carboxylic acids is 1. The Hall–Kier alpha value is -1.89. The number of nitrogens with one attached hydrogen (secondary N) is 1. The lowest BCUT2D eigenvalue weighted by molar-refractivity contribution is 0.0132. The van der Waals surface area contributed by atoms with Gasteiger partial charge in [0.25, 0.3) is 0 Å². The zero-order chi connectivity index (χ0) is 18.2. The predicted octanol–water partition coefficient (Wildman–Crippen LogP) is 3.47. The number of aliphatic hydroxyl groups is 2. The predicted molar refractivity (Wildman–Crippen MR) is 99.1 cm³/mol. The van der Waals surface area contributed by atoms with E-state index in [4.69, 9.17) is 4.74 Å². The molecule has 3 N–H and O–H groups in total. The summed E-state index contributed by atoms with van der Waals surface area (Å²) in [5.41, 5.74) is 2.57. The van der Waals surface area contributed by atoms with E-state index in [1.54, 1.807) is 6.07 Å². The van der Waals surface area contributed by atoms with Crippen LogP contribution in [0, 0.1) is 6.92 Å². The Labute approximate surface area is 155 Å². The van der Waals surface area contributed by atoms with Crippen molar-refractivity contribution in [2.45, 2.75) is 32.2 Å². The minimum absolute atomic E-state index is 0.189. The molecule has 134 valence electrons. The monoisotopic (exact) mass is 407 g/mol. The topological polar surface area (TPSA) is 78.8 Å². The maximum Gasteiger partial charge on any atom is 0.407 e. The van der Waals surface area contributed by atoms with Crippen molar-refractivity contribution >= 4 is 22.0 Å². The van der Waals surface area contributed by atoms with Crippen LogP contribution in [0.5, 0.6) is 0 Å². The highest BCUT2D eigenvalue weighted by Crippen LogP contribution is 2.27. The average molecular weight is 408 g/mol. The molecular weight excluding hydrogens is 386 g/mol. The van der Waals surface area contributed by atoms with Crippen LogP contribution < -0.4 is 5.32 Å². The van der Waals surface area contributed by atoms with E-state index < -0.39 is 18.3 Å². The number of hydrogen-bond donors (Lipinski definition) is 3. The maximum absolute atomic E-state index is 11.6. The molecule has 0 saturated heterocycles. The van der Waals surface area contributed by atoms with Gasteiger partial charge in [-0.1, -0.05) is 58.4 Å². The van der Waals surface area contributed by atoms with Gasteiger partial charge < -0.3 is 20.3 Å². The first-order valence-electron chi connectivity index (χ1n) is 8.04. The molecule has 0 aliphatic carbocycles. The second-order valence-corrected chi connectivity index (χ2v) is 6.67. The first-order valence-corrected chi connectivity index (χ1v) is 8.83. The number of aliphatic hydroxyl groups excluding tert-OH is 2. The van der Waals surface area contributed by atoms with E-state index in [9.17, 15) is 15.0 Å². The first-order chi connectivity index (χ1) is 12.0. The maximum atomic E-state index is 11.6. The van der Waals surface area contributed by atoms with Gasteiger partial charge in [-0.05, 0) is 36.1 Å². The van der Waals surface area contributed by atoms with Crippen LogP contribution in [0.15, 0.2) is 53.0 Å². The van der Waals surface area contributed by atoms with Crippen LogP contribution in [0.1, 0.15) is 29.2 Å². The highest BCUT2D eigenvalue weighted by atomic mass is 79.9. The molecule has 0 fully saturated rings. The van der Waals surface area contributed by atoms with Gasteiger partial charge in [0, 0.05) is 11.0 Å². The zero-order valence-corrected chi connectivity index (χ0v) is 15.6. The molecule has 0 heterocycles. The van der Waals surface area contributed by atoms with Gasteiger partial charge in [-0.25, -0.2) is 4.79 Å². The van der Waals surface area contributed by atoms with Gasteiger partial charge in [-0.15, -0.1) is 0 Å². The summed E-state index contributed by atoms with van der Waals surface area (Å²) in [7, 11) is 0. The number of rotatable bonds is 7. The van der Waals surface area contributed by atoms with Crippen molar-refractivity contribution < 1.29 is 19.7 Å². The Morgan fingerprint density at radius 3 is 2.60 bits per heavy atom. The minimum atomic E-state index is -1.03. The third kappa shape index (κ3) is 6.16. The molecule has 5 nitrogen and oxygen atoms in total. The number of carbonyl (C=O) groups is 1. The van der Waals surface area contributed by atoms with Crippen molar-refractivity contribution in [2.24, 2.45) is 0 Å². The highest BCUT2D eigenvalue weighted by molar-refractivity contribution is 9.10. The molecule has 6 heteroatoms. The molecule has 0 saturated carbocycles. The molecule has 0 radical (unpaired) electrons. The van der Waals surface area contributed by atoms with Crippen molar-refractivity contribution in [3.8, 4) is 0 Å². The molecule has 1 amide bonds. The molecule has 2 atom stereocenters. The van der Waals surface area contributed by atoms with Crippen molar-refractivity contribution in [1.29, 1.82) is 0 Å². The van der Waals surface area contributed by atoms with Crippen LogP contribution >= 0.6 is 15.9 Å². The third-order valence-electron chi connectivity index (χ3n) is 3.76. The van der Waals surface area contributed by atoms with Crippen LogP contribution in [-0.2, 0) is 11.3 Å². The molecule has 0 aliphatic heterocycles. The minimum Gasteiger partial charge on any atom is -0.445 e. The zero-order valence-electron chi connectivity index (χ0n) is 14.0. The summed E-state index contributed by atoms with van der Waals surface area (Å²) in [5.74, 6) is 0. The summed E-state index contributed by atoms with van der Waals surface area (Å²) in [6.45, 7) is 2.34. The van der Waals surface area contributed by atoms with Gasteiger partial charge in [0.2, 0.25) is 0 Å². The summed E-state index contributed by atoms with van der Waals surface area (Å²) in [4.78, 5) is 11.6. The molecule has 2 aromatic carbocycles. The lowest BCUT2D eigenvalue weighted by Gasteiger charge is -2.19. The highest BCUT2D eigenvalue weighted by Gasteiger charge is 2.20. The van der Waals surface area contributed by atoms with Crippen molar-refractivity contribution in [2.75, 3.05) is 6.54 Å². The van der Waals surface area contributed by atoms with Crippen LogP contribution in [0.4, 0.5) is 4.79 Å². The van der Waals surface area contributed by atoms with Crippen molar-refractivity contribution in [1.82, 2.24) is 5.32 Å². The largest absolute Gasteiger partial charge is 0.445 e. The summed E-state index contributed by atoms with van der Waals surface area (Å²) in [6.07, 6.45) is -2.37. The van der Waals surface area contributed by atoms with E-state index in [2.05, 4.69) is 21.2 Å². The summed E-state index contributed by atoms with van der Waals surface area (Å²) < 4.78 is 5.83. The standard InChI is InChI=1S/C19H22BrNO4/c1-13-7-8-15(16(20)11-13)18(23)17(22)9-10-21-19(24)25-12-14-5-3-2-4-6-14/h2-8,11,17-18,22-23H,9-10,12H2,1H3,(H,21,24). The first kappa shape index (κ1) is 19.4. The fourth-order valence-electron chi connectivity index (χ4n) is 2.33. The number of benzene rings is 2. The lowest BCUT2D eigenvalue weighted by atomic mass is 10.0. The van der Waals surface area contributed by atoms with Crippen molar-refractivity contribution in [3.05, 3.63) is 69.7 Å². The normalized spacial score (nSPS) is 13.1. The summed E-state index contributed by atoms with van der Waals surface area (Å²) >= 11 is 3.39. The molecular formula is C19H22BrNO4. The molecule has 0 aliphatic rings. The molecule has 2 rings (SSSR count). The van der Waals surface area contributed by atoms with Gasteiger partial charge in [-0.2, -0.15) is 0 Å². The number of amides is 1. The van der Waals surface area contributed by atoms with E-state index >= 15 is 0 Å². The molecule has 2 unspecified atom stereocenters. The Morgan fingerprint density at radius 2 is 1.92 bits per heavy atom. The quantitative estimate of drug-likeness (QED) is 0.656. The van der Waals surface area contributed by atoms with Gasteiger partial charge in [-0.3, -0.25) is 0 Å². The van der Waals surface area contributed by atoms with Crippen LogP contribution in [0.2, 0.25) is 0 Å². The van der Waals surface area contributed by atoms with E-state index in [1.807, 2.05) is 49.4 Å². The number of hydrogen-bond acceptors (Lipinski definition) is 4. The van der Waals surface area contributed by atoms with Crippen molar-refractivity contribution in [3.63, 3.8) is 0 Å². The Bertz CT molecular complexity index is 693. The number of halogens is 1. The van der Waals surface area contributed by atoms with Crippen LogP contribution in [0.25, 0.3) is 0 Å². The number of ether oxygens (including phenoxy) is 1. The molecule has 0 bridgehead atoms. The van der Waals surface area contributed by atoms with E-state index in [0.717, 1.165) is 15.6 Å². The molecule has 0 aromatic heterocycles. The molecule has 0 spiro atoms. The Kier molecular flexibility index (Phi) is 7.43. The van der Waals surface area contributed by atoms with Crippen LogP contribution in [0.3, 0.4) is 0 Å². The number of alkyl carbamates (subject to hydrolysis) is 1. The molecule has 25 heavy (non-hydrogen) atoms. The smallest absolute Gasteiger partial charge is 0.407 e. The summed E-state index contributed by atoms with van der Waals surface area (Å²) in [6, 6.07) is 14.9. The van der Waals surface area contributed by atoms with Gasteiger partial charge >= 0.3 is 6.09 Å². The van der Waals surface area contributed by atoms with Gasteiger partial charge in [0.05, 0.1) is 6.10 Å². The number of aryl methyl sites for hydroxylation is 1. The summed E-state index contributed by atoms with van der Waals surface area (Å²) in [5, 5.41) is 22.9. The second-order valence-electron chi connectivity index (χ2n) is 5.81. The second kappa shape index (κ2) is 9.56. The van der Waals surface area contributed by atoms with E-state index in [-0.39, 0.29) is 19.6 Å². The average Bonchev–Trinajstić information content (AvgIpc) is 2.60. The third-order valence-corrected chi connectivity index (χ3v) is 4.45. The van der Waals surface area contributed by atoms with Crippen LogP contribution in [-0.4, -0.2) is 29.0 Å². The van der Waals surface area contributed by atoms with Gasteiger partial charge in [0.1, 0.15) is 12.7 Å². The SMILES string of the molecule is Cc1ccc(C(O)C(O)CCNC(=O)OCc2ccccc2)c(Br)c1. The molecule has 2 aromatic rings. The Morgan fingerprint density at radius 1 is 1.20 bits per heavy atom. The Balaban J connectivity index is 1.74.